The van der Waals surface area contributed by atoms with Gasteiger partial charge in [-0.05, 0) is 24.6 Å². The molecule has 1 aliphatic heterocycles. The first-order valence-corrected chi connectivity index (χ1v) is 4.99. The Bertz CT molecular complexity index is 420. The number of phenolic OH excluding ortho intramolecular Hbond substituents is 1. The molecule has 0 bridgehead atoms. The van der Waals surface area contributed by atoms with E-state index in [4.69, 9.17) is 11.6 Å². The second-order valence-corrected chi connectivity index (χ2v) is 4.00. The molecule has 1 atom stereocenters. The fraction of sp³-hybridized carbons (Fsp3) is 0.300. The molecule has 80 valence electrons. The predicted octanol–water partition coefficient (Wildman–Crippen LogP) is 1.71. The average Bonchev–Trinajstić information content (AvgIpc) is 2.58. The quantitative estimate of drug-likeness (QED) is 0.683. The van der Waals surface area contributed by atoms with Crippen LogP contribution in [-0.4, -0.2) is 17.7 Å². The van der Waals surface area contributed by atoms with Gasteiger partial charge < -0.3 is 15.7 Å². The van der Waals surface area contributed by atoms with E-state index in [1.165, 1.54) is 0 Å². The maximum Gasteiger partial charge on any atom is 0.315 e. The van der Waals surface area contributed by atoms with Gasteiger partial charge in [-0.3, -0.25) is 0 Å². The van der Waals surface area contributed by atoms with E-state index in [0.29, 0.717) is 22.7 Å². The molecule has 1 fully saturated rings. The molecule has 3 N–H and O–H groups in total. The van der Waals surface area contributed by atoms with Gasteiger partial charge in [-0.25, -0.2) is 4.79 Å². The van der Waals surface area contributed by atoms with Crippen LogP contribution in [-0.2, 0) is 0 Å². The molecule has 1 heterocycles. The molecule has 0 spiro atoms. The van der Waals surface area contributed by atoms with Crippen LogP contribution in [0.4, 0.5) is 4.79 Å². The van der Waals surface area contributed by atoms with Gasteiger partial charge in [-0.2, -0.15) is 0 Å². The van der Waals surface area contributed by atoms with Crippen LogP contribution >= 0.6 is 11.6 Å². The minimum Gasteiger partial charge on any atom is -0.507 e. The second-order valence-electron chi connectivity index (χ2n) is 3.57. The Morgan fingerprint density at radius 1 is 1.53 bits per heavy atom. The molecule has 1 aromatic rings. The number of benzene rings is 1. The van der Waals surface area contributed by atoms with Gasteiger partial charge in [0.15, 0.2) is 0 Å². The summed E-state index contributed by atoms with van der Waals surface area (Å²) in [7, 11) is 0. The topological polar surface area (TPSA) is 61.4 Å². The maximum atomic E-state index is 11.0. The lowest BCUT2D eigenvalue weighted by Gasteiger charge is -2.13. The lowest BCUT2D eigenvalue weighted by molar-refractivity contribution is 0.247. The molecule has 15 heavy (non-hydrogen) atoms. The molecule has 1 aliphatic rings. The molecule has 1 saturated heterocycles. The molecular weight excluding hydrogens is 216 g/mol. The van der Waals surface area contributed by atoms with Crippen molar-refractivity contribution in [3.63, 3.8) is 0 Å². The van der Waals surface area contributed by atoms with Crippen LogP contribution in [0, 0.1) is 6.92 Å². The summed E-state index contributed by atoms with van der Waals surface area (Å²) in [5, 5.41) is 15.7. The molecule has 0 unspecified atom stereocenters. The fourth-order valence-corrected chi connectivity index (χ4v) is 1.95. The molecule has 2 rings (SSSR count). The summed E-state index contributed by atoms with van der Waals surface area (Å²) in [6, 6.07) is 2.92. The predicted molar refractivity (Wildman–Crippen MR) is 57.1 cm³/mol. The number of urea groups is 1. The van der Waals surface area contributed by atoms with Gasteiger partial charge >= 0.3 is 6.03 Å². The molecule has 1 aromatic carbocycles. The summed E-state index contributed by atoms with van der Waals surface area (Å²) >= 11 is 5.89. The molecule has 0 aliphatic carbocycles. The number of halogens is 1. The van der Waals surface area contributed by atoms with Gasteiger partial charge in [0.1, 0.15) is 5.75 Å². The van der Waals surface area contributed by atoms with Gasteiger partial charge in [0.05, 0.1) is 6.04 Å². The third-order valence-electron chi connectivity index (χ3n) is 2.44. The summed E-state index contributed by atoms with van der Waals surface area (Å²) in [5.74, 6) is 0.188. The number of aromatic hydroxyl groups is 1. The Balaban J connectivity index is 2.39. The lowest BCUT2D eigenvalue weighted by Crippen LogP contribution is -2.21. The van der Waals surface area contributed by atoms with Crippen molar-refractivity contribution in [3.05, 3.63) is 28.3 Å². The summed E-state index contributed by atoms with van der Waals surface area (Å²) in [5.41, 5.74) is 1.36. The van der Waals surface area contributed by atoms with Crippen LogP contribution in [0.15, 0.2) is 12.1 Å². The third-order valence-corrected chi connectivity index (χ3v) is 2.66. The highest BCUT2D eigenvalue weighted by atomic mass is 35.5. The van der Waals surface area contributed by atoms with Crippen molar-refractivity contribution < 1.29 is 9.90 Å². The maximum absolute atomic E-state index is 11.0. The monoisotopic (exact) mass is 226 g/mol. The normalized spacial score (nSPS) is 19.9. The molecule has 0 aromatic heterocycles. The van der Waals surface area contributed by atoms with Crippen molar-refractivity contribution in [1.82, 2.24) is 10.6 Å². The van der Waals surface area contributed by atoms with E-state index in [1.807, 2.05) is 0 Å². The number of hydrogen-bond acceptors (Lipinski definition) is 2. The first-order chi connectivity index (χ1) is 7.08. The Labute approximate surface area is 92.2 Å². The molecule has 2 amide bonds. The number of amides is 2. The van der Waals surface area contributed by atoms with E-state index in [2.05, 4.69) is 10.6 Å². The van der Waals surface area contributed by atoms with Gasteiger partial charge in [0.2, 0.25) is 0 Å². The Morgan fingerprint density at radius 3 is 2.87 bits per heavy atom. The van der Waals surface area contributed by atoms with Crippen molar-refractivity contribution in [2.75, 3.05) is 6.54 Å². The highest BCUT2D eigenvalue weighted by molar-refractivity contribution is 6.30. The molecular formula is C10H11ClN2O2. The van der Waals surface area contributed by atoms with Crippen LogP contribution < -0.4 is 10.6 Å². The second kappa shape index (κ2) is 3.62. The summed E-state index contributed by atoms with van der Waals surface area (Å²) in [6.45, 7) is 2.24. The highest BCUT2D eigenvalue weighted by Crippen LogP contribution is 2.31. The summed E-state index contributed by atoms with van der Waals surface area (Å²) < 4.78 is 0. The van der Waals surface area contributed by atoms with Crippen molar-refractivity contribution in [2.45, 2.75) is 13.0 Å². The van der Waals surface area contributed by atoms with Gasteiger partial charge in [-0.1, -0.05) is 11.6 Å². The zero-order valence-corrected chi connectivity index (χ0v) is 8.93. The van der Waals surface area contributed by atoms with Crippen molar-refractivity contribution in [3.8, 4) is 5.75 Å². The lowest BCUT2D eigenvalue weighted by atomic mass is 10.0. The third kappa shape index (κ3) is 1.85. The van der Waals surface area contributed by atoms with E-state index < -0.39 is 0 Å². The summed E-state index contributed by atoms with van der Waals surface area (Å²) in [4.78, 5) is 11.0. The minimum atomic E-state index is -0.225. The number of phenols is 1. The van der Waals surface area contributed by atoms with Gasteiger partial charge in [-0.15, -0.1) is 0 Å². The van der Waals surface area contributed by atoms with Crippen LogP contribution in [0.2, 0.25) is 5.02 Å². The highest BCUT2D eigenvalue weighted by Gasteiger charge is 2.24. The Kier molecular flexibility index (Phi) is 2.44. The molecule has 4 nitrogen and oxygen atoms in total. The van der Waals surface area contributed by atoms with Crippen LogP contribution in [0.1, 0.15) is 17.2 Å². The molecule has 0 radical (unpaired) electrons. The number of carbonyl (C=O) groups is 1. The van der Waals surface area contributed by atoms with Crippen LogP contribution in [0.5, 0.6) is 5.75 Å². The zero-order chi connectivity index (χ0) is 11.0. The molecule has 0 saturated carbocycles. The molecule has 5 heteroatoms. The average molecular weight is 227 g/mol. The van der Waals surface area contributed by atoms with E-state index in [0.717, 1.165) is 0 Å². The zero-order valence-electron chi connectivity index (χ0n) is 8.17. The standard InChI is InChI=1S/C10H11ClN2O2/c1-5-2-6(11)3-7(9(5)14)8-4-12-10(15)13-8/h2-3,8,14H,4H2,1H3,(H2,12,13,15)/t8-/m1/s1. The number of hydrogen-bond donors (Lipinski definition) is 3. The fourth-order valence-electron chi connectivity index (χ4n) is 1.67. The van der Waals surface area contributed by atoms with E-state index >= 15 is 0 Å². The number of nitrogens with one attached hydrogen (secondary N) is 2. The van der Waals surface area contributed by atoms with E-state index in [9.17, 15) is 9.90 Å². The minimum absolute atomic E-state index is 0.188. The van der Waals surface area contributed by atoms with Crippen molar-refractivity contribution in [1.29, 1.82) is 0 Å². The first kappa shape index (κ1) is 10.1. The Hall–Kier alpha value is -1.42. The first-order valence-electron chi connectivity index (χ1n) is 4.61. The summed E-state index contributed by atoms with van der Waals surface area (Å²) in [6.07, 6.45) is 0. The number of aryl methyl sites for hydroxylation is 1. The smallest absolute Gasteiger partial charge is 0.315 e. The largest absolute Gasteiger partial charge is 0.507 e. The Morgan fingerprint density at radius 2 is 2.27 bits per heavy atom. The van der Waals surface area contributed by atoms with Crippen molar-refractivity contribution >= 4 is 17.6 Å². The van der Waals surface area contributed by atoms with Crippen molar-refractivity contribution in [2.24, 2.45) is 0 Å². The van der Waals surface area contributed by atoms with Gasteiger partial charge in [0.25, 0.3) is 0 Å². The number of rotatable bonds is 1. The SMILES string of the molecule is Cc1cc(Cl)cc([C@H]2CNC(=O)N2)c1O. The van der Waals surface area contributed by atoms with Gasteiger partial charge in [0, 0.05) is 17.1 Å². The van der Waals surface area contributed by atoms with Crippen LogP contribution in [0.3, 0.4) is 0 Å². The van der Waals surface area contributed by atoms with E-state index in [1.54, 1.807) is 19.1 Å². The van der Waals surface area contributed by atoms with Crippen LogP contribution in [0.25, 0.3) is 0 Å². The number of carbonyl (C=O) groups excluding carboxylic acids is 1. The van der Waals surface area contributed by atoms with E-state index in [-0.39, 0.29) is 17.8 Å².